The fourth-order valence-electron chi connectivity index (χ4n) is 1.50. The van der Waals surface area contributed by atoms with Crippen LogP contribution in [0.1, 0.15) is 24.2 Å². The van der Waals surface area contributed by atoms with Gasteiger partial charge in [0, 0.05) is 0 Å². The van der Waals surface area contributed by atoms with Crippen molar-refractivity contribution in [1.82, 2.24) is 0 Å². The average Bonchev–Trinajstić information content (AvgIpc) is 2.39. The van der Waals surface area contributed by atoms with Crippen molar-refractivity contribution >= 4 is 16.7 Å². The van der Waals surface area contributed by atoms with Crippen LogP contribution in [-0.4, -0.2) is 18.2 Å². The minimum atomic E-state index is -0.529. The van der Waals surface area contributed by atoms with Crippen molar-refractivity contribution in [3.8, 4) is 5.75 Å². The van der Waals surface area contributed by atoms with Gasteiger partial charge in [-0.3, -0.25) is 0 Å². The molecular weight excluding hydrogens is 216 g/mol. The number of methoxy groups -OCH3 is 1. The molecular formula is C14H16O3. The van der Waals surface area contributed by atoms with Crippen molar-refractivity contribution in [3.05, 3.63) is 42.0 Å². The summed E-state index contributed by atoms with van der Waals surface area (Å²) in [4.78, 5) is 11.3. The molecule has 2 aromatic rings. The van der Waals surface area contributed by atoms with E-state index in [-0.39, 0.29) is 11.3 Å². The molecule has 1 N–H and O–H groups in total. The van der Waals surface area contributed by atoms with Gasteiger partial charge in [0.05, 0.1) is 7.11 Å². The molecule has 0 spiro atoms. The van der Waals surface area contributed by atoms with E-state index < -0.39 is 5.97 Å². The Morgan fingerprint density at radius 3 is 2.18 bits per heavy atom. The number of fused-ring (bicyclic) bond motifs is 1. The Labute approximate surface area is 101 Å². The highest BCUT2D eigenvalue weighted by atomic mass is 16.5. The van der Waals surface area contributed by atoms with Crippen molar-refractivity contribution in [2.75, 3.05) is 7.11 Å². The standard InChI is InChI=1S/C12H10O3.C2H6/c1-15-12(14)10-6-8-4-2-3-5-9(8)7-11(10)13;1-2/h2-7,13H,1H3;1-2H3. The quantitative estimate of drug-likeness (QED) is 0.767. The van der Waals surface area contributed by atoms with E-state index in [1.165, 1.54) is 7.11 Å². The highest BCUT2D eigenvalue weighted by Gasteiger charge is 2.11. The van der Waals surface area contributed by atoms with Gasteiger partial charge in [-0.05, 0) is 22.9 Å². The Hall–Kier alpha value is -2.03. The first kappa shape index (κ1) is 13.0. The second kappa shape index (κ2) is 5.89. The van der Waals surface area contributed by atoms with E-state index in [2.05, 4.69) is 4.74 Å². The summed E-state index contributed by atoms with van der Waals surface area (Å²) >= 11 is 0. The molecule has 3 heteroatoms. The third kappa shape index (κ3) is 2.75. The zero-order valence-electron chi connectivity index (χ0n) is 10.2. The average molecular weight is 232 g/mol. The number of phenolic OH excluding ortho intramolecular Hbond substituents is 1. The lowest BCUT2D eigenvalue weighted by Crippen LogP contribution is -2.01. The van der Waals surface area contributed by atoms with Crippen molar-refractivity contribution in [1.29, 1.82) is 0 Å². The van der Waals surface area contributed by atoms with E-state index in [1.807, 2.05) is 38.1 Å². The first-order chi connectivity index (χ1) is 8.22. The molecule has 2 aromatic carbocycles. The van der Waals surface area contributed by atoms with Crippen LogP contribution in [0.4, 0.5) is 0 Å². The molecule has 0 aromatic heterocycles. The predicted octanol–water partition coefficient (Wildman–Crippen LogP) is 3.36. The molecule has 17 heavy (non-hydrogen) atoms. The molecule has 0 bridgehead atoms. The second-order valence-corrected chi connectivity index (χ2v) is 3.21. The Morgan fingerprint density at radius 2 is 1.65 bits per heavy atom. The van der Waals surface area contributed by atoms with Crippen LogP contribution < -0.4 is 0 Å². The third-order valence-corrected chi connectivity index (χ3v) is 2.27. The molecule has 0 aliphatic carbocycles. The molecule has 90 valence electrons. The van der Waals surface area contributed by atoms with Crippen molar-refractivity contribution < 1.29 is 14.6 Å². The molecule has 0 fully saturated rings. The fourth-order valence-corrected chi connectivity index (χ4v) is 1.50. The van der Waals surface area contributed by atoms with E-state index in [4.69, 9.17) is 0 Å². The monoisotopic (exact) mass is 232 g/mol. The maximum Gasteiger partial charge on any atom is 0.341 e. The Kier molecular flexibility index (Phi) is 4.52. The lowest BCUT2D eigenvalue weighted by atomic mass is 10.1. The fraction of sp³-hybridized carbons (Fsp3) is 0.214. The number of ether oxygens (including phenoxy) is 1. The van der Waals surface area contributed by atoms with Gasteiger partial charge in [0.15, 0.2) is 0 Å². The Balaban J connectivity index is 0.000000686. The zero-order valence-corrected chi connectivity index (χ0v) is 10.2. The van der Waals surface area contributed by atoms with Crippen molar-refractivity contribution in [3.63, 3.8) is 0 Å². The molecule has 0 unspecified atom stereocenters. The summed E-state index contributed by atoms with van der Waals surface area (Å²) < 4.78 is 4.57. The molecule has 0 amide bonds. The van der Waals surface area contributed by atoms with Gasteiger partial charge in [-0.2, -0.15) is 0 Å². The largest absolute Gasteiger partial charge is 0.507 e. The van der Waals surface area contributed by atoms with Crippen LogP contribution in [0.2, 0.25) is 0 Å². The first-order valence-electron chi connectivity index (χ1n) is 5.52. The van der Waals surface area contributed by atoms with E-state index >= 15 is 0 Å². The Morgan fingerprint density at radius 1 is 1.12 bits per heavy atom. The Bertz CT molecular complexity index is 518. The lowest BCUT2D eigenvalue weighted by Gasteiger charge is -2.04. The van der Waals surface area contributed by atoms with Crippen LogP contribution in [0, 0.1) is 0 Å². The van der Waals surface area contributed by atoms with Crippen molar-refractivity contribution in [2.45, 2.75) is 13.8 Å². The summed E-state index contributed by atoms with van der Waals surface area (Å²) in [5.74, 6) is -0.584. The molecule has 0 radical (unpaired) electrons. The molecule has 0 saturated heterocycles. The zero-order chi connectivity index (χ0) is 12.8. The van der Waals surface area contributed by atoms with Crippen LogP contribution in [0.25, 0.3) is 10.8 Å². The number of aromatic hydroxyl groups is 1. The van der Waals surface area contributed by atoms with Crippen LogP contribution in [0.5, 0.6) is 5.75 Å². The maximum atomic E-state index is 11.3. The summed E-state index contributed by atoms with van der Waals surface area (Å²) in [6.45, 7) is 4.00. The van der Waals surface area contributed by atoms with Crippen LogP contribution >= 0.6 is 0 Å². The number of carbonyl (C=O) groups is 1. The van der Waals surface area contributed by atoms with Crippen LogP contribution in [0.15, 0.2) is 36.4 Å². The smallest absolute Gasteiger partial charge is 0.341 e. The minimum absolute atomic E-state index is 0.0550. The number of hydrogen-bond acceptors (Lipinski definition) is 3. The molecule has 3 nitrogen and oxygen atoms in total. The molecule has 0 saturated carbocycles. The van der Waals surface area contributed by atoms with Gasteiger partial charge in [-0.25, -0.2) is 4.79 Å². The van der Waals surface area contributed by atoms with E-state index in [0.29, 0.717) is 0 Å². The lowest BCUT2D eigenvalue weighted by molar-refractivity contribution is 0.0597. The summed E-state index contributed by atoms with van der Waals surface area (Å²) in [7, 11) is 1.29. The highest BCUT2D eigenvalue weighted by molar-refractivity contribution is 5.98. The maximum absolute atomic E-state index is 11.3. The molecule has 0 aliphatic rings. The van der Waals surface area contributed by atoms with Gasteiger partial charge in [0.25, 0.3) is 0 Å². The van der Waals surface area contributed by atoms with Gasteiger partial charge in [-0.15, -0.1) is 0 Å². The van der Waals surface area contributed by atoms with Gasteiger partial charge in [0.2, 0.25) is 0 Å². The SMILES string of the molecule is CC.COC(=O)c1cc2ccccc2cc1O. The molecule has 0 atom stereocenters. The summed E-state index contributed by atoms with van der Waals surface area (Å²) in [6, 6.07) is 10.7. The number of esters is 1. The molecule has 0 heterocycles. The second-order valence-electron chi connectivity index (χ2n) is 3.21. The van der Waals surface area contributed by atoms with Gasteiger partial charge >= 0.3 is 5.97 Å². The van der Waals surface area contributed by atoms with Crippen molar-refractivity contribution in [2.24, 2.45) is 0 Å². The summed E-state index contributed by atoms with van der Waals surface area (Å²) in [6.07, 6.45) is 0. The number of rotatable bonds is 1. The predicted molar refractivity (Wildman–Crippen MR) is 68.3 cm³/mol. The van der Waals surface area contributed by atoms with Crippen LogP contribution in [-0.2, 0) is 4.74 Å². The summed E-state index contributed by atoms with van der Waals surface area (Å²) in [5.41, 5.74) is 0.191. The van der Waals surface area contributed by atoms with E-state index in [9.17, 15) is 9.90 Å². The third-order valence-electron chi connectivity index (χ3n) is 2.27. The van der Waals surface area contributed by atoms with Gasteiger partial charge in [-0.1, -0.05) is 38.1 Å². The topological polar surface area (TPSA) is 46.5 Å². The number of hydrogen-bond donors (Lipinski definition) is 1. The van der Waals surface area contributed by atoms with Gasteiger partial charge in [0.1, 0.15) is 11.3 Å². The molecule has 0 aliphatic heterocycles. The summed E-state index contributed by atoms with van der Waals surface area (Å²) in [5, 5.41) is 11.4. The van der Waals surface area contributed by atoms with E-state index in [0.717, 1.165) is 10.8 Å². The highest BCUT2D eigenvalue weighted by Crippen LogP contribution is 2.25. The first-order valence-corrected chi connectivity index (χ1v) is 5.52. The number of carbonyl (C=O) groups excluding carboxylic acids is 1. The molecule has 2 rings (SSSR count). The van der Waals surface area contributed by atoms with Crippen LogP contribution in [0.3, 0.4) is 0 Å². The normalized spacial score (nSPS) is 9.35. The number of benzene rings is 2. The van der Waals surface area contributed by atoms with Gasteiger partial charge < -0.3 is 9.84 Å². The number of phenols is 1. The van der Waals surface area contributed by atoms with E-state index in [1.54, 1.807) is 12.1 Å². The minimum Gasteiger partial charge on any atom is -0.507 e.